The second-order valence-electron chi connectivity index (χ2n) is 8.24. The Morgan fingerprint density at radius 3 is 2.59 bits per heavy atom. The minimum atomic E-state index is 0.327. The third-order valence-corrected chi connectivity index (χ3v) is 6.12. The van der Waals surface area contributed by atoms with Gasteiger partial charge in [-0.3, -0.25) is 0 Å². The first-order valence-corrected chi connectivity index (χ1v) is 11.3. The van der Waals surface area contributed by atoms with E-state index in [0.717, 1.165) is 31.7 Å². The van der Waals surface area contributed by atoms with E-state index in [2.05, 4.69) is 66.4 Å². The van der Waals surface area contributed by atoms with Gasteiger partial charge in [0.25, 0.3) is 0 Å². The lowest BCUT2D eigenvalue weighted by atomic mass is 9.90. The van der Waals surface area contributed by atoms with Crippen LogP contribution in [0.3, 0.4) is 0 Å². The molecular weight excluding hydrogens is 358 g/mol. The number of benzene rings is 2. The highest BCUT2D eigenvalue weighted by Crippen LogP contribution is 2.26. The van der Waals surface area contributed by atoms with E-state index < -0.39 is 0 Å². The predicted octanol–water partition coefficient (Wildman–Crippen LogP) is 5.57. The van der Waals surface area contributed by atoms with E-state index in [-0.39, 0.29) is 0 Å². The van der Waals surface area contributed by atoms with Crippen LogP contribution in [0.1, 0.15) is 50.2 Å². The molecule has 0 radical (unpaired) electrons. The molecule has 0 aliphatic carbocycles. The summed E-state index contributed by atoms with van der Waals surface area (Å²) >= 11 is 0. The van der Waals surface area contributed by atoms with Gasteiger partial charge in [-0.05, 0) is 55.5 Å². The molecule has 0 amide bonds. The number of hydrogen-bond donors (Lipinski definition) is 0. The van der Waals surface area contributed by atoms with E-state index in [0.29, 0.717) is 12.0 Å². The first-order chi connectivity index (χ1) is 14.3. The van der Waals surface area contributed by atoms with Gasteiger partial charge in [0.2, 0.25) is 0 Å². The molecule has 3 nitrogen and oxygen atoms in total. The van der Waals surface area contributed by atoms with Gasteiger partial charge in [-0.25, -0.2) is 0 Å². The van der Waals surface area contributed by atoms with E-state index in [1.54, 1.807) is 0 Å². The Morgan fingerprint density at radius 2 is 1.79 bits per heavy atom. The van der Waals surface area contributed by atoms with E-state index in [1.165, 1.54) is 49.9 Å². The van der Waals surface area contributed by atoms with Crippen molar-refractivity contribution in [3.8, 4) is 5.75 Å². The molecule has 1 fully saturated rings. The van der Waals surface area contributed by atoms with Crippen molar-refractivity contribution in [3.63, 3.8) is 0 Å². The molecule has 1 aliphatic heterocycles. The van der Waals surface area contributed by atoms with E-state index >= 15 is 0 Å². The number of nitrogens with zero attached hydrogens (tertiary/aromatic N) is 1. The molecule has 0 saturated carbocycles. The highest BCUT2D eigenvalue weighted by atomic mass is 16.5. The Balaban J connectivity index is 1.48. The standard InChI is InChI=1S/C26H37NO2/c1-3-4-10-17-27-18-15-23(26(21-27)28-2)16-19-29-25-14-9-8-13-24(25)20-22-11-6-5-7-12-22/h5-9,11-14,23,26H,3-4,10,15-21H2,1-2H3/t23-,26+/m1/s1. The second kappa shape index (κ2) is 12.0. The second-order valence-corrected chi connectivity index (χ2v) is 8.24. The lowest BCUT2D eigenvalue weighted by Crippen LogP contribution is -2.45. The molecule has 0 bridgehead atoms. The number of methoxy groups -OCH3 is 1. The molecule has 0 N–H and O–H groups in total. The fourth-order valence-electron chi connectivity index (χ4n) is 4.34. The number of para-hydroxylation sites is 1. The molecule has 158 valence electrons. The Labute approximate surface area is 177 Å². The third-order valence-electron chi connectivity index (χ3n) is 6.12. The molecule has 0 spiro atoms. The van der Waals surface area contributed by atoms with Crippen LogP contribution in [-0.2, 0) is 11.2 Å². The van der Waals surface area contributed by atoms with Gasteiger partial charge in [0, 0.05) is 20.1 Å². The monoisotopic (exact) mass is 395 g/mol. The predicted molar refractivity (Wildman–Crippen MR) is 121 cm³/mol. The molecule has 0 unspecified atom stereocenters. The molecule has 1 heterocycles. The quantitative estimate of drug-likeness (QED) is 0.464. The Morgan fingerprint density at radius 1 is 1.00 bits per heavy atom. The van der Waals surface area contributed by atoms with Gasteiger partial charge < -0.3 is 14.4 Å². The van der Waals surface area contributed by atoms with Crippen LogP contribution in [0.25, 0.3) is 0 Å². The molecule has 3 rings (SSSR count). The SMILES string of the molecule is CCCCCN1CC[C@H](CCOc2ccccc2Cc2ccccc2)[C@@H](OC)C1. The summed E-state index contributed by atoms with van der Waals surface area (Å²) < 4.78 is 12.1. The van der Waals surface area contributed by atoms with Gasteiger partial charge in [0.15, 0.2) is 0 Å². The number of rotatable bonds is 11. The molecule has 1 aliphatic rings. The fourth-order valence-corrected chi connectivity index (χ4v) is 4.34. The molecule has 29 heavy (non-hydrogen) atoms. The van der Waals surface area contributed by atoms with Crippen molar-refractivity contribution in [1.29, 1.82) is 0 Å². The maximum Gasteiger partial charge on any atom is 0.122 e. The van der Waals surface area contributed by atoms with Crippen LogP contribution in [0.5, 0.6) is 5.75 Å². The van der Waals surface area contributed by atoms with Crippen LogP contribution < -0.4 is 4.74 Å². The van der Waals surface area contributed by atoms with E-state index in [1.807, 2.05) is 7.11 Å². The minimum absolute atomic E-state index is 0.327. The summed E-state index contributed by atoms with van der Waals surface area (Å²) in [6, 6.07) is 19.0. The van der Waals surface area contributed by atoms with Crippen molar-refractivity contribution in [2.45, 2.75) is 51.6 Å². The Bertz CT molecular complexity index is 703. The van der Waals surface area contributed by atoms with Gasteiger partial charge >= 0.3 is 0 Å². The van der Waals surface area contributed by atoms with Crippen LogP contribution in [0.2, 0.25) is 0 Å². The van der Waals surface area contributed by atoms with Gasteiger partial charge in [0.1, 0.15) is 5.75 Å². The van der Waals surface area contributed by atoms with Crippen molar-refractivity contribution in [3.05, 3.63) is 65.7 Å². The van der Waals surface area contributed by atoms with Crippen molar-refractivity contribution in [2.24, 2.45) is 5.92 Å². The molecular formula is C26H37NO2. The van der Waals surface area contributed by atoms with Crippen LogP contribution in [0.15, 0.2) is 54.6 Å². The summed E-state index contributed by atoms with van der Waals surface area (Å²) in [5.74, 6) is 1.60. The highest BCUT2D eigenvalue weighted by Gasteiger charge is 2.28. The van der Waals surface area contributed by atoms with Crippen molar-refractivity contribution < 1.29 is 9.47 Å². The average molecular weight is 396 g/mol. The van der Waals surface area contributed by atoms with Gasteiger partial charge in [0.05, 0.1) is 12.7 Å². The topological polar surface area (TPSA) is 21.7 Å². The fraction of sp³-hybridized carbons (Fsp3) is 0.538. The summed E-state index contributed by atoms with van der Waals surface area (Å²) in [5.41, 5.74) is 2.58. The summed E-state index contributed by atoms with van der Waals surface area (Å²) in [6.45, 7) is 6.49. The number of piperidine rings is 1. The lowest BCUT2D eigenvalue weighted by molar-refractivity contribution is -0.0180. The largest absolute Gasteiger partial charge is 0.493 e. The van der Waals surface area contributed by atoms with Crippen molar-refractivity contribution in [1.82, 2.24) is 4.90 Å². The Kier molecular flexibility index (Phi) is 9.04. The molecule has 3 heteroatoms. The number of ether oxygens (including phenoxy) is 2. The summed E-state index contributed by atoms with van der Waals surface area (Å²) in [7, 11) is 1.86. The number of unbranched alkanes of at least 4 members (excludes halogenated alkanes) is 2. The van der Waals surface area contributed by atoms with Crippen LogP contribution in [0, 0.1) is 5.92 Å². The molecule has 0 aromatic heterocycles. The van der Waals surface area contributed by atoms with Crippen molar-refractivity contribution in [2.75, 3.05) is 33.4 Å². The minimum Gasteiger partial charge on any atom is -0.493 e. The van der Waals surface area contributed by atoms with Crippen LogP contribution in [0.4, 0.5) is 0 Å². The zero-order valence-corrected chi connectivity index (χ0v) is 18.2. The van der Waals surface area contributed by atoms with Crippen LogP contribution in [-0.4, -0.2) is 44.4 Å². The first-order valence-electron chi connectivity index (χ1n) is 11.3. The van der Waals surface area contributed by atoms with Crippen molar-refractivity contribution >= 4 is 0 Å². The lowest BCUT2D eigenvalue weighted by Gasteiger charge is -2.38. The highest BCUT2D eigenvalue weighted by molar-refractivity contribution is 5.37. The molecule has 2 aromatic rings. The van der Waals surface area contributed by atoms with Gasteiger partial charge in [-0.15, -0.1) is 0 Å². The van der Waals surface area contributed by atoms with Gasteiger partial charge in [-0.2, -0.15) is 0 Å². The smallest absolute Gasteiger partial charge is 0.122 e. The molecule has 2 aromatic carbocycles. The Hall–Kier alpha value is -1.84. The zero-order chi connectivity index (χ0) is 20.3. The number of likely N-dealkylation sites (tertiary alicyclic amines) is 1. The van der Waals surface area contributed by atoms with E-state index in [9.17, 15) is 0 Å². The number of hydrogen-bond acceptors (Lipinski definition) is 3. The molecule has 2 atom stereocenters. The van der Waals surface area contributed by atoms with Gasteiger partial charge in [-0.1, -0.05) is 68.3 Å². The average Bonchev–Trinajstić information content (AvgIpc) is 2.76. The molecule has 1 saturated heterocycles. The zero-order valence-electron chi connectivity index (χ0n) is 18.2. The maximum atomic E-state index is 6.24. The normalized spacial score (nSPS) is 19.9. The summed E-state index contributed by atoms with van der Waals surface area (Å²) in [5, 5.41) is 0. The maximum absolute atomic E-state index is 6.24. The van der Waals surface area contributed by atoms with E-state index in [4.69, 9.17) is 9.47 Å². The first kappa shape index (κ1) is 21.9. The summed E-state index contributed by atoms with van der Waals surface area (Å²) in [6.07, 6.45) is 7.42. The van der Waals surface area contributed by atoms with Crippen LogP contribution >= 0.6 is 0 Å². The summed E-state index contributed by atoms with van der Waals surface area (Å²) in [4.78, 5) is 2.58. The third kappa shape index (κ3) is 6.87.